The molecule has 21 heavy (non-hydrogen) atoms. The number of rotatable bonds is 7. The van der Waals surface area contributed by atoms with Gasteiger partial charge < -0.3 is 15.2 Å². The molecule has 2 aromatic rings. The second-order valence-electron chi connectivity index (χ2n) is 4.69. The van der Waals surface area contributed by atoms with E-state index in [0.29, 0.717) is 5.75 Å². The van der Waals surface area contributed by atoms with Gasteiger partial charge in [0.05, 0.1) is 0 Å². The molecule has 3 nitrogen and oxygen atoms in total. The quantitative estimate of drug-likeness (QED) is 0.605. The number of hydrogen-bond acceptors (Lipinski definition) is 3. The van der Waals surface area contributed by atoms with E-state index < -0.39 is 0 Å². The summed E-state index contributed by atoms with van der Waals surface area (Å²) < 4.78 is 5.51. The van der Waals surface area contributed by atoms with Gasteiger partial charge in [0, 0.05) is 12.1 Å². The van der Waals surface area contributed by atoms with E-state index in [1.807, 2.05) is 36.4 Å². The van der Waals surface area contributed by atoms with Gasteiger partial charge in [-0.05, 0) is 36.7 Å². The average molecular weight is 281 g/mol. The van der Waals surface area contributed by atoms with Crippen LogP contribution in [0.2, 0.25) is 0 Å². The standard InChI is InChI=1S/C18H19NO2/c1-2-13-21-18-6-4-3-5-16(18)14-19-12-11-15-7-9-17(20)10-8-15/h1,3-10,19-20H,11-14H2. The smallest absolute Gasteiger partial charge is 0.148 e. The zero-order chi connectivity index (χ0) is 14.9. The summed E-state index contributed by atoms with van der Waals surface area (Å²) in [6.07, 6.45) is 6.13. The van der Waals surface area contributed by atoms with Crippen LogP contribution >= 0.6 is 0 Å². The van der Waals surface area contributed by atoms with E-state index in [1.165, 1.54) is 5.56 Å². The molecule has 0 aliphatic heterocycles. The Morgan fingerprint density at radius 2 is 1.86 bits per heavy atom. The zero-order valence-electron chi connectivity index (χ0n) is 11.9. The second kappa shape index (κ2) is 7.98. The van der Waals surface area contributed by atoms with Crippen LogP contribution in [0.4, 0.5) is 0 Å². The van der Waals surface area contributed by atoms with Gasteiger partial charge >= 0.3 is 0 Å². The summed E-state index contributed by atoms with van der Waals surface area (Å²) in [6, 6.07) is 15.2. The van der Waals surface area contributed by atoms with E-state index >= 15 is 0 Å². The number of nitrogens with one attached hydrogen (secondary N) is 1. The molecule has 2 rings (SSSR count). The van der Waals surface area contributed by atoms with Crippen molar-refractivity contribution < 1.29 is 9.84 Å². The molecule has 0 unspecified atom stereocenters. The highest BCUT2D eigenvalue weighted by molar-refractivity contribution is 5.33. The Hall–Kier alpha value is -2.44. The van der Waals surface area contributed by atoms with Crippen LogP contribution in [-0.2, 0) is 13.0 Å². The number of ether oxygens (including phenoxy) is 1. The normalized spacial score (nSPS) is 10.0. The first-order valence-corrected chi connectivity index (χ1v) is 6.92. The summed E-state index contributed by atoms with van der Waals surface area (Å²) in [5.41, 5.74) is 2.29. The molecule has 2 aromatic carbocycles. The summed E-state index contributed by atoms with van der Waals surface area (Å²) in [7, 11) is 0. The molecule has 0 saturated heterocycles. The van der Waals surface area contributed by atoms with Gasteiger partial charge in [-0.3, -0.25) is 0 Å². The Morgan fingerprint density at radius 3 is 2.62 bits per heavy atom. The predicted octanol–water partition coefficient (Wildman–Crippen LogP) is 2.74. The lowest BCUT2D eigenvalue weighted by Gasteiger charge is -2.10. The van der Waals surface area contributed by atoms with Crippen LogP contribution in [0.25, 0.3) is 0 Å². The minimum absolute atomic E-state index is 0.282. The molecule has 0 bridgehead atoms. The minimum Gasteiger partial charge on any atom is -0.508 e. The van der Waals surface area contributed by atoms with Gasteiger partial charge in [0.2, 0.25) is 0 Å². The second-order valence-corrected chi connectivity index (χ2v) is 4.69. The van der Waals surface area contributed by atoms with Gasteiger partial charge in [-0.2, -0.15) is 0 Å². The number of terminal acetylenes is 1. The minimum atomic E-state index is 0.282. The molecule has 0 saturated carbocycles. The van der Waals surface area contributed by atoms with E-state index in [-0.39, 0.29) is 6.61 Å². The van der Waals surface area contributed by atoms with Crippen LogP contribution < -0.4 is 10.1 Å². The highest BCUT2D eigenvalue weighted by Gasteiger charge is 2.02. The van der Waals surface area contributed by atoms with Crippen LogP contribution in [0.5, 0.6) is 11.5 Å². The molecule has 0 spiro atoms. The SMILES string of the molecule is C#CCOc1ccccc1CNCCc1ccc(O)cc1. The number of hydrogen-bond donors (Lipinski definition) is 2. The number of phenols is 1. The summed E-state index contributed by atoms with van der Waals surface area (Å²) in [6.45, 7) is 1.87. The van der Waals surface area contributed by atoms with Crippen LogP contribution in [0.1, 0.15) is 11.1 Å². The van der Waals surface area contributed by atoms with Crippen molar-refractivity contribution in [3.05, 3.63) is 59.7 Å². The molecule has 0 aliphatic carbocycles. The average Bonchev–Trinajstić information content (AvgIpc) is 2.52. The third kappa shape index (κ3) is 4.87. The summed E-state index contributed by atoms with van der Waals surface area (Å²) in [5, 5.41) is 12.6. The van der Waals surface area contributed by atoms with Crippen LogP contribution in [-0.4, -0.2) is 18.3 Å². The molecule has 0 aromatic heterocycles. The molecule has 0 aliphatic rings. The summed E-state index contributed by atoms with van der Waals surface area (Å²) in [5.74, 6) is 3.60. The first kappa shape index (κ1) is 15.0. The van der Waals surface area contributed by atoms with Crippen LogP contribution in [0.15, 0.2) is 48.5 Å². The molecule has 0 fully saturated rings. The Bertz CT molecular complexity index is 599. The van der Waals surface area contributed by atoms with Gasteiger partial charge in [0.25, 0.3) is 0 Å². The van der Waals surface area contributed by atoms with Crippen molar-refractivity contribution in [1.29, 1.82) is 0 Å². The van der Waals surface area contributed by atoms with Crippen LogP contribution in [0, 0.1) is 12.3 Å². The zero-order valence-corrected chi connectivity index (χ0v) is 11.9. The van der Waals surface area contributed by atoms with E-state index in [0.717, 1.165) is 30.8 Å². The van der Waals surface area contributed by atoms with E-state index in [4.69, 9.17) is 11.2 Å². The number of benzene rings is 2. The third-order valence-electron chi connectivity index (χ3n) is 3.13. The molecule has 108 valence electrons. The molecule has 2 N–H and O–H groups in total. The Balaban J connectivity index is 1.80. The maximum Gasteiger partial charge on any atom is 0.148 e. The Morgan fingerprint density at radius 1 is 1.10 bits per heavy atom. The van der Waals surface area contributed by atoms with E-state index in [9.17, 15) is 5.11 Å². The highest BCUT2D eigenvalue weighted by atomic mass is 16.5. The van der Waals surface area contributed by atoms with Crippen molar-refractivity contribution >= 4 is 0 Å². The van der Waals surface area contributed by atoms with Crippen molar-refractivity contribution in [2.75, 3.05) is 13.2 Å². The molecular weight excluding hydrogens is 262 g/mol. The number of phenolic OH excluding ortho intramolecular Hbond substituents is 1. The van der Waals surface area contributed by atoms with Crippen molar-refractivity contribution in [2.24, 2.45) is 0 Å². The fourth-order valence-corrected chi connectivity index (χ4v) is 2.03. The largest absolute Gasteiger partial charge is 0.508 e. The lowest BCUT2D eigenvalue weighted by atomic mass is 10.1. The fraction of sp³-hybridized carbons (Fsp3) is 0.222. The molecule has 0 amide bonds. The molecule has 0 heterocycles. The maximum absolute atomic E-state index is 9.23. The number of para-hydroxylation sites is 1. The van der Waals surface area contributed by atoms with Gasteiger partial charge in [-0.25, -0.2) is 0 Å². The first-order chi connectivity index (χ1) is 10.3. The number of aromatic hydroxyl groups is 1. The summed E-state index contributed by atoms with van der Waals surface area (Å²) >= 11 is 0. The Kier molecular flexibility index (Phi) is 5.69. The van der Waals surface area contributed by atoms with E-state index in [2.05, 4.69) is 11.2 Å². The van der Waals surface area contributed by atoms with E-state index in [1.54, 1.807) is 12.1 Å². The van der Waals surface area contributed by atoms with Crippen molar-refractivity contribution in [2.45, 2.75) is 13.0 Å². The van der Waals surface area contributed by atoms with Gasteiger partial charge in [-0.15, -0.1) is 6.42 Å². The molecule has 0 atom stereocenters. The van der Waals surface area contributed by atoms with Gasteiger partial charge in [0.15, 0.2) is 0 Å². The summed E-state index contributed by atoms with van der Waals surface area (Å²) in [4.78, 5) is 0. The van der Waals surface area contributed by atoms with Crippen molar-refractivity contribution in [3.8, 4) is 23.8 Å². The molecule has 0 radical (unpaired) electrons. The maximum atomic E-state index is 9.23. The molecule has 3 heteroatoms. The highest BCUT2D eigenvalue weighted by Crippen LogP contribution is 2.17. The van der Waals surface area contributed by atoms with Crippen molar-refractivity contribution in [3.63, 3.8) is 0 Å². The Labute approximate surface area is 125 Å². The van der Waals surface area contributed by atoms with Gasteiger partial charge in [-0.1, -0.05) is 36.3 Å². The van der Waals surface area contributed by atoms with Crippen LogP contribution in [0.3, 0.4) is 0 Å². The lowest BCUT2D eigenvalue weighted by Crippen LogP contribution is -2.17. The molecular formula is C18H19NO2. The first-order valence-electron chi connectivity index (χ1n) is 6.92. The predicted molar refractivity (Wildman–Crippen MR) is 84.3 cm³/mol. The van der Waals surface area contributed by atoms with Gasteiger partial charge in [0.1, 0.15) is 18.1 Å². The third-order valence-corrected chi connectivity index (χ3v) is 3.13. The fourth-order valence-electron chi connectivity index (χ4n) is 2.03. The van der Waals surface area contributed by atoms with Crippen molar-refractivity contribution in [1.82, 2.24) is 5.32 Å². The topological polar surface area (TPSA) is 41.5 Å². The lowest BCUT2D eigenvalue weighted by molar-refractivity contribution is 0.365. The monoisotopic (exact) mass is 281 g/mol.